The van der Waals surface area contributed by atoms with Crippen LogP contribution in [0.2, 0.25) is 0 Å². The van der Waals surface area contributed by atoms with Gasteiger partial charge in [-0.25, -0.2) is 0 Å². The molecular weight excluding hydrogens is 222 g/mol. The Bertz CT molecular complexity index is 372. The largest absolute Gasteiger partial charge is 0.389 e. The van der Waals surface area contributed by atoms with Gasteiger partial charge in [-0.1, -0.05) is 25.0 Å². The third-order valence-corrected chi connectivity index (χ3v) is 3.65. The highest BCUT2D eigenvalue weighted by molar-refractivity contribution is 5.10. The molecule has 0 spiro atoms. The molecule has 1 aliphatic carbocycles. The Morgan fingerprint density at radius 3 is 2.89 bits per heavy atom. The van der Waals surface area contributed by atoms with Crippen LogP contribution in [0.1, 0.15) is 50.6 Å². The van der Waals surface area contributed by atoms with E-state index in [0.717, 1.165) is 31.4 Å². The summed E-state index contributed by atoms with van der Waals surface area (Å²) in [6.45, 7) is 0. The van der Waals surface area contributed by atoms with Crippen molar-refractivity contribution in [3.05, 3.63) is 41.7 Å². The fourth-order valence-electron chi connectivity index (χ4n) is 2.54. The average Bonchev–Trinajstić information content (AvgIpc) is 2.37. The second-order valence-corrected chi connectivity index (χ2v) is 5.11. The van der Waals surface area contributed by atoms with Crippen LogP contribution in [-0.2, 0) is 6.42 Å². The van der Waals surface area contributed by atoms with Gasteiger partial charge < -0.3 is 5.11 Å². The molecule has 0 saturated carbocycles. The molecule has 0 aromatic carbocycles. The number of aromatic nitrogens is 1. The van der Waals surface area contributed by atoms with E-state index in [2.05, 4.69) is 11.1 Å². The third-order valence-electron chi connectivity index (χ3n) is 3.65. The van der Waals surface area contributed by atoms with Crippen LogP contribution in [0.15, 0.2) is 36.0 Å². The molecule has 1 atom stereocenters. The molecule has 0 radical (unpaired) electrons. The van der Waals surface area contributed by atoms with Gasteiger partial charge in [0.05, 0.1) is 6.10 Å². The van der Waals surface area contributed by atoms with E-state index in [1.54, 1.807) is 0 Å². The maximum atomic E-state index is 10.3. The lowest BCUT2D eigenvalue weighted by Gasteiger charge is -2.17. The van der Waals surface area contributed by atoms with Crippen LogP contribution in [0.25, 0.3) is 0 Å². The molecule has 1 aliphatic rings. The molecule has 2 rings (SSSR count). The first-order valence-corrected chi connectivity index (χ1v) is 7.13. The third kappa shape index (κ3) is 4.26. The molecule has 0 saturated heterocycles. The van der Waals surface area contributed by atoms with Gasteiger partial charge in [0, 0.05) is 11.9 Å². The number of aryl methyl sites for hydroxylation is 1. The SMILES string of the molecule is OC(CCc1ccccn1)/C1=C/CCCCCC1. The Morgan fingerprint density at radius 1 is 1.17 bits per heavy atom. The van der Waals surface area contributed by atoms with Gasteiger partial charge in [0.2, 0.25) is 0 Å². The molecule has 0 fully saturated rings. The molecule has 1 aromatic heterocycles. The van der Waals surface area contributed by atoms with Crippen molar-refractivity contribution in [2.24, 2.45) is 0 Å². The highest BCUT2D eigenvalue weighted by Gasteiger charge is 2.12. The Hall–Kier alpha value is -1.15. The molecule has 18 heavy (non-hydrogen) atoms. The lowest BCUT2D eigenvalue weighted by atomic mass is 9.94. The number of aliphatic hydroxyl groups is 1. The van der Waals surface area contributed by atoms with Gasteiger partial charge >= 0.3 is 0 Å². The van der Waals surface area contributed by atoms with Crippen molar-refractivity contribution in [2.45, 2.75) is 57.5 Å². The van der Waals surface area contributed by atoms with Gasteiger partial charge in [0.1, 0.15) is 0 Å². The molecule has 0 bridgehead atoms. The minimum Gasteiger partial charge on any atom is -0.389 e. The van der Waals surface area contributed by atoms with E-state index in [-0.39, 0.29) is 6.10 Å². The van der Waals surface area contributed by atoms with Gasteiger partial charge in [0.25, 0.3) is 0 Å². The number of hydrogen-bond donors (Lipinski definition) is 1. The van der Waals surface area contributed by atoms with E-state index in [1.807, 2.05) is 24.4 Å². The number of allylic oxidation sites excluding steroid dienone is 1. The van der Waals surface area contributed by atoms with Crippen LogP contribution in [0.3, 0.4) is 0 Å². The summed E-state index contributed by atoms with van der Waals surface area (Å²) in [5, 5.41) is 10.3. The molecule has 1 N–H and O–H groups in total. The van der Waals surface area contributed by atoms with Crippen molar-refractivity contribution in [1.29, 1.82) is 0 Å². The fraction of sp³-hybridized carbons (Fsp3) is 0.562. The van der Waals surface area contributed by atoms with Gasteiger partial charge in [-0.2, -0.15) is 0 Å². The standard InChI is InChI=1S/C16H23NO/c18-16(12-11-15-10-6-7-13-17-15)14-8-4-2-1-3-5-9-14/h6-8,10,13,16,18H,1-5,9,11-12H2/b14-8+. The summed E-state index contributed by atoms with van der Waals surface area (Å²) in [4.78, 5) is 4.30. The zero-order valence-electron chi connectivity index (χ0n) is 11.0. The summed E-state index contributed by atoms with van der Waals surface area (Å²) < 4.78 is 0. The van der Waals surface area contributed by atoms with Gasteiger partial charge in [0.15, 0.2) is 0 Å². The van der Waals surface area contributed by atoms with Crippen LogP contribution >= 0.6 is 0 Å². The van der Waals surface area contributed by atoms with E-state index in [0.29, 0.717) is 0 Å². The first kappa shape index (κ1) is 13.3. The van der Waals surface area contributed by atoms with Crippen molar-refractivity contribution in [1.82, 2.24) is 4.98 Å². The van der Waals surface area contributed by atoms with E-state index in [9.17, 15) is 5.11 Å². The lowest BCUT2D eigenvalue weighted by Crippen LogP contribution is -2.13. The summed E-state index contributed by atoms with van der Waals surface area (Å²) in [5.74, 6) is 0. The molecule has 1 heterocycles. The summed E-state index contributed by atoms with van der Waals surface area (Å²) >= 11 is 0. The monoisotopic (exact) mass is 245 g/mol. The Labute approximate surface area is 110 Å². The lowest BCUT2D eigenvalue weighted by molar-refractivity contribution is 0.194. The van der Waals surface area contributed by atoms with Gasteiger partial charge in [-0.05, 0) is 56.2 Å². The van der Waals surface area contributed by atoms with Gasteiger partial charge in [-0.15, -0.1) is 0 Å². The number of aliphatic hydroxyl groups excluding tert-OH is 1. The summed E-state index contributed by atoms with van der Waals surface area (Å²) in [6, 6.07) is 5.96. The molecule has 2 nitrogen and oxygen atoms in total. The second-order valence-electron chi connectivity index (χ2n) is 5.11. The maximum absolute atomic E-state index is 10.3. The zero-order chi connectivity index (χ0) is 12.6. The number of nitrogens with zero attached hydrogens (tertiary/aromatic N) is 1. The van der Waals surface area contributed by atoms with Crippen molar-refractivity contribution >= 4 is 0 Å². The zero-order valence-corrected chi connectivity index (χ0v) is 11.0. The van der Waals surface area contributed by atoms with Gasteiger partial charge in [-0.3, -0.25) is 4.98 Å². The maximum Gasteiger partial charge on any atom is 0.0753 e. The Balaban J connectivity index is 1.84. The van der Waals surface area contributed by atoms with Crippen LogP contribution < -0.4 is 0 Å². The first-order valence-electron chi connectivity index (χ1n) is 7.13. The average molecular weight is 245 g/mol. The molecular formula is C16H23NO. The quantitative estimate of drug-likeness (QED) is 0.821. The van der Waals surface area contributed by atoms with Crippen LogP contribution in [-0.4, -0.2) is 16.2 Å². The highest BCUT2D eigenvalue weighted by atomic mass is 16.3. The van der Waals surface area contributed by atoms with E-state index in [4.69, 9.17) is 0 Å². The number of rotatable bonds is 4. The van der Waals surface area contributed by atoms with Crippen LogP contribution in [0, 0.1) is 0 Å². The van der Waals surface area contributed by atoms with Crippen LogP contribution in [0.4, 0.5) is 0 Å². The predicted molar refractivity (Wildman–Crippen MR) is 74.3 cm³/mol. The molecule has 2 heteroatoms. The predicted octanol–water partition coefficient (Wildman–Crippen LogP) is 3.66. The van der Waals surface area contributed by atoms with Crippen molar-refractivity contribution in [3.8, 4) is 0 Å². The minimum atomic E-state index is -0.273. The normalized spacial score (nSPS) is 21.5. The molecule has 1 unspecified atom stereocenters. The van der Waals surface area contributed by atoms with E-state index in [1.165, 1.54) is 31.3 Å². The number of hydrogen-bond acceptors (Lipinski definition) is 2. The second kappa shape index (κ2) is 7.32. The summed E-state index contributed by atoms with van der Waals surface area (Å²) in [7, 11) is 0. The number of pyridine rings is 1. The Kier molecular flexibility index (Phi) is 5.40. The van der Waals surface area contributed by atoms with Crippen molar-refractivity contribution in [3.63, 3.8) is 0 Å². The summed E-state index contributed by atoms with van der Waals surface area (Å²) in [6.07, 6.45) is 12.8. The first-order chi connectivity index (χ1) is 8.86. The topological polar surface area (TPSA) is 33.1 Å². The van der Waals surface area contributed by atoms with Crippen molar-refractivity contribution < 1.29 is 5.11 Å². The summed E-state index contributed by atoms with van der Waals surface area (Å²) in [5.41, 5.74) is 2.33. The molecule has 0 aliphatic heterocycles. The highest BCUT2D eigenvalue weighted by Crippen LogP contribution is 2.21. The van der Waals surface area contributed by atoms with E-state index < -0.39 is 0 Å². The molecule has 98 valence electrons. The minimum absolute atomic E-state index is 0.273. The van der Waals surface area contributed by atoms with E-state index >= 15 is 0 Å². The fourth-order valence-corrected chi connectivity index (χ4v) is 2.54. The smallest absolute Gasteiger partial charge is 0.0753 e. The van der Waals surface area contributed by atoms with Crippen molar-refractivity contribution in [2.75, 3.05) is 0 Å². The molecule has 1 aromatic rings. The van der Waals surface area contributed by atoms with Crippen LogP contribution in [0.5, 0.6) is 0 Å². The molecule has 0 amide bonds. The Morgan fingerprint density at radius 2 is 2.06 bits per heavy atom.